The molecule has 0 radical (unpaired) electrons. The van der Waals surface area contributed by atoms with Gasteiger partial charge in [-0.15, -0.1) is 0 Å². The molecule has 0 aliphatic carbocycles. The Bertz CT molecular complexity index is 1080. The number of carbonyl (C=O) groups excluding carboxylic acids is 2. The maximum Gasteiger partial charge on any atom is 0.274 e. The maximum absolute atomic E-state index is 12.5. The molecule has 0 aliphatic heterocycles. The summed E-state index contributed by atoms with van der Waals surface area (Å²) in [6.45, 7) is 3.27. The van der Waals surface area contributed by atoms with Crippen LogP contribution in [-0.2, 0) is 0 Å². The second-order valence-electron chi connectivity index (χ2n) is 6.12. The van der Waals surface area contributed by atoms with Crippen LogP contribution in [0.2, 0.25) is 0 Å². The van der Waals surface area contributed by atoms with E-state index in [1.54, 1.807) is 61.5 Å². The molecule has 0 saturated heterocycles. The normalized spacial score (nSPS) is 10.0. The Morgan fingerprint density at radius 2 is 1.75 bits per heavy atom. The van der Waals surface area contributed by atoms with Gasteiger partial charge >= 0.3 is 0 Å². The van der Waals surface area contributed by atoms with Crippen LogP contribution in [0.4, 0.5) is 17.3 Å². The molecule has 1 aromatic heterocycles. The lowest BCUT2D eigenvalue weighted by atomic mass is 10.1. The zero-order chi connectivity index (χ0) is 20.1. The lowest BCUT2D eigenvalue weighted by Crippen LogP contribution is -2.15. The molecule has 1 heterocycles. The molecule has 138 valence electrons. The van der Waals surface area contributed by atoms with E-state index in [-0.39, 0.29) is 17.4 Å². The Hall–Kier alpha value is -4.05. The molecule has 7 heteroatoms. The zero-order valence-electron chi connectivity index (χ0n) is 15.4. The standard InChI is InChI=1S/C21H17N5O2/c1-13-10-19(20(28)24-18-5-3-4-15(11-18)12-22)26-21(23-13)25-17-8-6-16(7-9-17)14(2)27/h3-11H,1-2H3,(H,24,28)(H,23,25,26). The molecule has 2 N–H and O–H groups in total. The van der Waals surface area contributed by atoms with Crippen molar-refractivity contribution in [3.8, 4) is 6.07 Å². The largest absolute Gasteiger partial charge is 0.324 e. The highest BCUT2D eigenvalue weighted by Gasteiger charge is 2.12. The number of anilines is 3. The number of Topliss-reactive ketones (excluding diaryl/α,β-unsaturated/α-hetero) is 1. The number of nitrogens with one attached hydrogen (secondary N) is 2. The number of ketones is 1. The van der Waals surface area contributed by atoms with E-state index in [4.69, 9.17) is 5.26 Å². The molecular formula is C21H17N5O2. The Morgan fingerprint density at radius 1 is 1.00 bits per heavy atom. The van der Waals surface area contributed by atoms with Crippen molar-refractivity contribution in [3.63, 3.8) is 0 Å². The minimum absolute atomic E-state index is 0.0159. The molecular weight excluding hydrogens is 354 g/mol. The molecule has 3 rings (SSSR count). The smallest absolute Gasteiger partial charge is 0.274 e. The van der Waals surface area contributed by atoms with Crippen LogP contribution in [0.5, 0.6) is 0 Å². The van der Waals surface area contributed by atoms with E-state index in [2.05, 4.69) is 20.6 Å². The van der Waals surface area contributed by atoms with Crippen LogP contribution >= 0.6 is 0 Å². The number of benzene rings is 2. The third kappa shape index (κ3) is 4.56. The third-order valence-corrected chi connectivity index (χ3v) is 3.88. The van der Waals surface area contributed by atoms with Gasteiger partial charge in [-0.2, -0.15) is 5.26 Å². The number of rotatable bonds is 5. The number of aromatic nitrogens is 2. The van der Waals surface area contributed by atoms with Crippen LogP contribution in [0.3, 0.4) is 0 Å². The Labute approximate surface area is 162 Å². The summed E-state index contributed by atoms with van der Waals surface area (Å²) in [6.07, 6.45) is 0. The van der Waals surface area contributed by atoms with Crippen molar-refractivity contribution in [2.75, 3.05) is 10.6 Å². The van der Waals surface area contributed by atoms with Gasteiger partial charge in [0.15, 0.2) is 5.78 Å². The van der Waals surface area contributed by atoms with Gasteiger partial charge in [0, 0.05) is 22.6 Å². The Morgan fingerprint density at radius 3 is 2.43 bits per heavy atom. The van der Waals surface area contributed by atoms with Crippen LogP contribution in [0.1, 0.15) is 39.0 Å². The van der Waals surface area contributed by atoms with Crippen molar-refractivity contribution in [1.29, 1.82) is 5.26 Å². The van der Waals surface area contributed by atoms with Gasteiger partial charge in [0.05, 0.1) is 11.6 Å². The van der Waals surface area contributed by atoms with E-state index in [1.165, 1.54) is 6.92 Å². The highest BCUT2D eigenvalue weighted by atomic mass is 16.2. The molecule has 1 amide bonds. The molecule has 0 spiro atoms. The summed E-state index contributed by atoms with van der Waals surface area (Å²) in [4.78, 5) is 32.5. The predicted molar refractivity (Wildman–Crippen MR) is 106 cm³/mol. The second-order valence-corrected chi connectivity index (χ2v) is 6.12. The van der Waals surface area contributed by atoms with Gasteiger partial charge in [-0.05, 0) is 62.4 Å². The summed E-state index contributed by atoms with van der Waals surface area (Å²) < 4.78 is 0. The minimum Gasteiger partial charge on any atom is -0.324 e. The first-order chi connectivity index (χ1) is 13.4. The van der Waals surface area contributed by atoms with Crippen LogP contribution in [0, 0.1) is 18.3 Å². The van der Waals surface area contributed by atoms with Crippen molar-refractivity contribution < 1.29 is 9.59 Å². The highest BCUT2D eigenvalue weighted by molar-refractivity contribution is 6.03. The average Bonchev–Trinajstić information content (AvgIpc) is 2.68. The predicted octanol–water partition coefficient (Wildman–Crippen LogP) is 3.86. The second kappa shape index (κ2) is 8.10. The number of amides is 1. The summed E-state index contributed by atoms with van der Waals surface area (Å²) in [5, 5.41) is 14.7. The van der Waals surface area contributed by atoms with Crippen molar-refractivity contribution in [2.24, 2.45) is 0 Å². The van der Waals surface area contributed by atoms with Crippen LogP contribution in [-0.4, -0.2) is 21.7 Å². The van der Waals surface area contributed by atoms with Gasteiger partial charge in [-0.1, -0.05) is 6.07 Å². The molecule has 28 heavy (non-hydrogen) atoms. The Kier molecular flexibility index (Phi) is 5.42. The van der Waals surface area contributed by atoms with Crippen molar-refractivity contribution in [1.82, 2.24) is 9.97 Å². The maximum atomic E-state index is 12.5. The minimum atomic E-state index is -0.407. The fourth-order valence-corrected chi connectivity index (χ4v) is 2.52. The van der Waals surface area contributed by atoms with E-state index in [9.17, 15) is 9.59 Å². The number of aryl methyl sites for hydroxylation is 1. The van der Waals surface area contributed by atoms with Gasteiger partial charge < -0.3 is 10.6 Å². The summed E-state index contributed by atoms with van der Waals surface area (Å²) in [6, 6.07) is 17.1. The van der Waals surface area contributed by atoms with Crippen molar-refractivity contribution >= 4 is 29.0 Å². The van der Waals surface area contributed by atoms with Crippen molar-refractivity contribution in [2.45, 2.75) is 13.8 Å². The summed E-state index contributed by atoms with van der Waals surface area (Å²) >= 11 is 0. The molecule has 0 atom stereocenters. The topological polar surface area (TPSA) is 108 Å². The SMILES string of the molecule is CC(=O)c1ccc(Nc2nc(C)cc(C(=O)Nc3cccc(C#N)c3)n2)cc1. The van der Waals surface area contributed by atoms with Crippen molar-refractivity contribution in [3.05, 3.63) is 77.1 Å². The first kappa shape index (κ1) is 18.7. The van der Waals surface area contributed by atoms with Crippen LogP contribution in [0.15, 0.2) is 54.6 Å². The van der Waals surface area contributed by atoms with Gasteiger partial charge in [0.1, 0.15) is 5.69 Å². The average molecular weight is 371 g/mol. The first-order valence-corrected chi connectivity index (χ1v) is 8.50. The number of carbonyl (C=O) groups is 2. The van der Waals surface area contributed by atoms with Crippen LogP contribution in [0.25, 0.3) is 0 Å². The number of nitrogens with zero attached hydrogens (tertiary/aromatic N) is 3. The molecule has 3 aromatic rings. The first-order valence-electron chi connectivity index (χ1n) is 8.50. The molecule has 0 fully saturated rings. The monoisotopic (exact) mass is 371 g/mol. The Balaban J connectivity index is 1.79. The molecule has 0 bridgehead atoms. The van der Waals surface area contributed by atoms with E-state index in [0.717, 1.165) is 0 Å². The van der Waals surface area contributed by atoms with Gasteiger partial charge in [0.2, 0.25) is 5.95 Å². The lowest BCUT2D eigenvalue weighted by Gasteiger charge is -2.09. The number of hydrogen-bond acceptors (Lipinski definition) is 6. The molecule has 7 nitrogen and oxygen atoms in total. The van der Waals surface area contributed by atoms with E-state index < -0.39 is 5.91 Å². The third-order valence-electron chi connectivity index (χ3n) is 3.88. The fraction of sp³-hybridized carbons (Fsp3) is 0.0952. The highest BCUT2D eigenvalue weighted by Crippen LogP contribution is 2.16. The van der Waals surface area contributed by atoms with E-state index in [0.29, 0.717) is 28.2 Å². The van der Waals surface area contributed by atoms with Gasteiger partial charge in [-0.25, -0.2) is 9.97 Å². The number of hydrogen-bond donors (Lipinski definition) is 2. The summed E-state index contributed by atoms with van der Waals surface area (Å²) in [7, 11) is 0. The van der Waals surface area contributed by atoms with Gasteiger partial charge in [0.25, 0.3) is 5.91 Å². The zero-order valence-corrected chi connectivity index (χ0v) is 15.4. The summed E-state index contributed by atoms with van der Waals surface area (Å²) in [5.41, 5.74) is 3.08. The fourth-order valence-electron chi connectivity index (χ4n) is 2.52. The summed E-state index contributed by atoms with van der Waals surface area (Å²) in [5.74, 6) is -0.153. The number of nitriles is 1. The molecule has 0 unspecified atom stereocenters. The lowest BCUT2D eigenvalue weighted by molar-refractivity contribution is 0.101. The molecule has 0 aliphatic rings. The van der Waals surface area contributed by atoms with Crippen LogP contribution < -0.4 is 10.6 Å². The van der Waals surface area contributed by atoms with E-state index in [1.807, 2.05) is 6.07 Å². The molecule has 2 aromatic carbocycles. The molecule has 0 saturated carbocycles. The van der Waals surface area contributed by atoms with Gasteiger partial charge in [-0.3, -0.25) is 9.59 Å². The quantitative estimate of drug-likeness (QED) is 0.660. The van der Waals surface area contributed by atoms with E-state index >= 15 is 0 Å².